The zero-order valence-electron chi connectivity index (χ0n) is 7.10. The summed E-state index contributed by atoms with van der Waals surface area (Å²) in [6.45, 7) is 5.71. The highest BCUT2D eigenvalue weighted by atomic mass is 14.9. The summed E-state index contributed by atoms with van der Waals surface area (Å²) < 4.78 is 0. The predicted octanol–water partition coefficient (Wildman–Crippen LogP) is 1.03. The summed E-state index contributed by atoms with van der Waals surface area (Å²) in [7, 11) is 0. The second-order valence-electron chi connectivity index (χ2n) is 3.31. The highest BCUT2D eigenvalue weighted by molar-refractivity contribution is 4.99. The van der Waals surface area contributed by atoms with E-state index < -0.39 is 0 Å². The molecule has 0 aromatic rings. The van der Waals surface area contributed by atoms with Crippen LogP contribution in [0.2, 0.25) is 0 Å². The third kappa shape index (κ3) is 3.04. The molecule has 2 heteroatoms. The van der Waals surface area contributed by atoms with Crippen molar-refractivity contribution in [2.75, 3.05) is 13.1 Å². The van der Waals surface area contributed by atoms with Gasteiger partial charge in [0, 0.05) is 12.6 Å². The summed E-state index contributed by atoms with van der Waals surface area (Å²) in [5.41, 5.74) is 6.63. The van der Waals surface area contributed by atoms with Crippen LogP contribution in [-0.4, -0.2) is 19.1 Å². The number of rotatable bonds is 3. The number of nitrogens with two attached hydrogens (primary N) is 1. The Labute approximate surface area is 68.9 Å². The smallest absolute Gasteiger partial charge is 0.0134 e. The molecule has 1 atom stereocenters. The summed E-state index contributed by atoms with van der Waals surface area (Å²) in [6, 6.07) is 0.653. The summed E-state index contributed by atoms with van der Waals surface area (Å²) in [5.74, 6) is 0. The first-order valence-corrected chi connectivity index (χ1v) is 4.43. The van der Waals surface area contributed by atoms with E-state index in [-0.39, 0.29) is 0 Å². The molecule has 0 aliphatic carbocycles. The van der Waals surface area contributed by atoms with E-state index in [0.29, 0.717) is 12.6 Å². The third-order valence-corrected chi connectivity index (χ3v) is 2.24. The molecule has 1 rings (SSSR count). The van der Waals surface area contributed by atoms with Gasteiger partial charge >= 0.3 is 0 Å². The minimum absolute atomic E-state index is 0.637. The fourth-order valence-corrected chi connectivity index (χ4v) is 1.53. The number of nitrogens with one attached hydrogen (secondary N) is 1. The molecule has 0 amide bonds. The van der Waals surface area contributed by atoms with E-state index in [1.807, 2.05) is 0 Å². The first-order chi connectivity index (χ1) is 5.33. The minimum atomic E-state index is 0.637. The monoisotopic (exact) mass is 154 g/mol. The first-order valence-electron chi connectivity index (χ1n) is 4.43. The maximum atomic E-state index is 5.46. The molecule has 1 fully saturated rings. The zero-order chi connectivity index (χ0) is 8.10. The van der Waals surface area contributed by atoms with Crippen LogP contribution in [0.4, 0.5) is 0 Å². The molecule has 1 heterocycles. The molecule has 11 heavy (non-hydrogen) atoms. The molecule has 0 saturated carbocycles. The highest BCUT2D eigenvalue weighted by Gasteiger charge is 2.12. The summed E-state index contributed by atoms with van der Waals surface area (Å²) in [6.07, 6.45) is 5.04. The fourth-order valence-electron chi connectivity index (χ4n) is 1.53. The van der Waals surface area contributed by atoms with Gasteiger partial charge in [0.05, 0.1) is 0 Å². The summed E-state index contributed by atoms with van der Waals surface area (Å²) in [5, 5.41) is 3.47. The third-order valence-electron chi connectivity index (χ3n) is 2.24. The Morgan fingerprint density at radius 1 is 1.55 bits per heavy atom. The predicted molar refractivity (Wildman–Crippen MR) is 48.5 cm³/mol. The molecule has 1 saturated heterocycles. The van der Waals surface area contributed by atoms with E-state index in [0.717, 1.165) is 6.42 Å². The molecule has 3 N–H and O–H groups in total. The van der Waals surface area contributed by atoms with E-state index in [2.05, 4.69) is 11.9 Å². The van der Waals surface area contributed by atoms with Gasteiger partial charge in [-0.2, -0.15) is 0 Å². The van der Waals surface area contributed by atoms with Crippen LogP contribution in [0, 0.1) is 0 Å². The molecule has 1 aliphatic rings. The van der Waals surface area contributed by atoms with Crippen LogP contribution < -0.4 is 11.1 Å². The van der Waals surface area contributed by atoms with Crippen molar-refractivity contribution in [3.8, 4) is 0 Å². The Balaban J connectivity index is 2.19. The van der Waals surface area contributed by atoms with Crippen LogP contribution in [0.25, 0.3) is 0 Å². The number of hydrogen-bond donors (Lipinski definition) is 2. The number of hydrogen-bond acceptors (Lipinski definition) is 2. The van der Waals surface area contributed by atoms with E-state index in [1.54, 1.807) is 0 Å². The molecular formula is C9H18N2. The van der Waals surface area contributed by atoms with Crippen LogP contribution >= 0.6 is 0 Å². The second kappa shape index (κ2) is 4.52. The molecule has 0 spiro atoms. The van der Waals surface area contributed by atoms with Crippen molar-refractivity contribution in [3.63, 3.8) is 0 Å². The Morgan fingerprint density at radius 3 is 2.91 bits per heavy atom. The Hall–Kier alpha value is -0.340. The van der Waals surface area contributed by atoms with Gasteiger partial charge in [0.1, 0.15) is 0 Å². The molecule has 2 nitrogen and oxygen atoms in total. The van der Waals surface area contributed by atoms with E-state index >= 15 is 0 Å². The Bertz CT molecular complexity index is 126. The maximum Gasteiger partial charge on any atom is 0.0134 e. The van der Waals surface area contributed by atoms with Gasteiger partial charge in [-0.1, -0.05) is 18.6 Å². The van der Waals surface area contributed by atoms with Crippen LogP contribution in [0.1, 0.15) is 25.7 Å². The van der Waals surface area contributed by atoms with Crippen LogP contribution in [0.3, 0.4) is 0 Å². The van der Waals surface area contributed by atoms with Crippen molar-refractivity contribution in [1.82, 2.24) is 5.32 Å². The van der Waals surface area contributed by atoms with Crippen LogP contribution in [-0.2, 0) is 0 Å². The maximum absolute atomic E-state index is 5.46. The van der Waals surface area contributed by atoms with Crippen molar-refractivity contribution in [2.24, 2.45) is 5.73 Å². The molecule has 0 bridgehead atoms. The van der Waals surface area contributed by atoms with Gasteiger partial charge in [-0.15, -0.1) is 0 Å². The molecule has 1 aliphatic heterocycles. The van der Waals surface area contributed by atoms with E-state index in [4.69, 9.17) is 5.73 Å². The largest absolute Gasteiger partial charge is 0.327 e. The molecule has 1 unspecified atom stereocenters. The van der Waals surface area contributed by atoms with Gasteiger partial charge in [-0.3, -0.25) is 0 Å². The molecule has 0 aromatic heterocycles. The lowest BCUT2D eigenvalue weighted by Gasteiger charge is -2.23. The lowest BCUT2D eigenvalue weighted by atomic mass is 9.99. The topological polar surface area (TPSA) is 38.0 Å². The lowest BCUT2D eigenvalue weighted by molar-refractivity contribution is 0.398. The normalized spacial score (nSPS) is 25.0. The van der Waals surface area contributed by atoms with Gasteiger partial charge in [0.2, 0.25) is 0 Å². The zero-order valence-corrected chi connectivity index (χ0v) is 7.10. The Kier molecular flexibility index (Phi) is 3.60. The second-order valence-corrected chi connectivity index (χ2v) is 3.31. The molecule has 0 radical (unpaired) electrons. The fraction of sp³-hybridized carbons (Fsp3) is 0.778. The van der Waals surface area contributed by atoms with Crippen molar-refractivity contribution >= 4 is 0 Å². The van der Waals surface area contributed by atoms with Gasteiger partial charge in [0.15, 0.2) is 0 Å². The van der Waals surface area contributed by atoms with Crippen molar-refractivity contribution < 1.29 is 0 Å². The Morgan fingerprint density at radius 2 is 2.36 bits per heavy atom. The van der Waals surface area contributed by atoms with Gasteiger partial charge in [0.25, 0.3) is 0 Å². The van der Waals surface area contributed by atoms with Crippen molar-refractivity contribution in [3.05, 3.63) is 12.2 Å². The quantitative estimate of drug-likeness (QED) is 0.596. The van der Waals surface area contributed by atoms with Crippen LogP contribution in [0.5, 0.6) is 0 Å². The average molecular weight is 154 g/mol. The van der Waals surface area contributed by atoms with Crippen molar-refractivity contribution in [1.29, 1.82) is 0 Å². The first kappa shape index (κ1) is 8.75. The SMILES string of the molecule is C=C(CN)CC1CCCCN1. The average Bonchev–Trinajstić information content (AvgIpc) is 2.06. The van der Waals surface area contributed by atoms with Gasteiger partial charge in [-0.05, 0) is 25.8 Å². The molecule has 64 valence electrons. The lowest BCUT2D eigenvalue weighted by Crippen LogP contribution is -2.34. The number of piperidine rings is 1. The standard InChI is InChI=1S/C9H18N2/c1-8(7-10)6-9-4-2-3-5-11-9/h9,11H,1-7,10H2. The minimum Gasteiger partial charge on any atom is -0.327 e. The summed E-state index contributed by atoms with van der Waals surface area (Å²) >= 11 is 0. The van der Waals surface area contributed by atoms with Gasteiger partial charge in [-0.25, -0.2) is 0 Å². The van der Waals surface area contributed by atoms with Crippen molar-refractivity contribution in [2.45, 2.75) is 31.7 Å². The van der Waals surface area contributed by atoms with Crippen LogP contribution in [0.15, 0.2) is 12.2 Å². The highest BCUT2D eigenvalue weighted by Crippen LogP contribution is 2.12. The van der Waals surface area contributed by atoms with E-state index in [9.17, 15) is 0 Å². The summed E-state index contributed by atoms with van der Waals surface area (Å²) in [4.78, 5) is 0. The molecular weight excluding hydrogens is 136 g/mol. The van der Waals surface area contributed by atoms with Gasteiger partial charge < -0.3 is 11.1 Å². The molecule has 0 aromatic carbocycles. The van der Waals surface area contributed by atoms with E-state index in [1.165, 1.54) is 31.4 Å².